The molecule has 4 rings (SSSR count). The van der Waals surface area contributed by atoms with E-state index in [9.17, 15) is 4.79 Å². The molecule has 1 aliphatic rings. The molecule has 1 saturated heterocycles. The van der Waals surface area contributed by atoms with Crippen LogP contribution >= 0.6 is 23.1 Å². The molecular formula is C22H25N5OS2. The van der Waals surface area contributed by atoms with Crippen LogP contribution < -0.4 is 4.90 Å². The largest absolute Gasteiger partial charge is 0.339 e. The third-order valence-electron chi connectivity index (χ3n) is 5.19. The van der Waals surface area contributed by atoms with Gasteiger partial charge < -0.3 is 9.80 Å². The van der Waals surface area contributed by atoms with Crippen LogP contribution in [-0.4, -0.2) is 51.9 Å². The number of thioether (sulfide) groups is 1. The summed E-state index contributed by atoms with van der Waals surface area (Å²) in [5.41, 5.74) is 4.79. The number of nitrogens with zero attached hydrogens (tertiary/aromatic N) is 5. The van der Waals surface area contributed by atoms with Gasteiger partial charge in [0.15, 0.2) is 0 Å². The van der Waals surface area contributed by atoms with Crippen LogP contribution in [0, 0.1) is 13.8 Å². The predicted molar refractivity (Wildman–Crippen MR) is 122 cm³/mol. The summed E-state index contributed by atoms with van der Waals surface area (Å²) in [5, 5.41) is 2.01. The molecule has 0 atom stereocenters. The molecule has 0 bridgehead atoms. The fourth-order valence-corrected chi connectivity index (χ4v) is 5.32. The summed E-state index contributed by atoms with van der Waals surface area (Å²) in [5.74, 6) is 1.77. The standard InChI is InChI=1S/C22H25N5OS2/c1-16-4-5-17(2)18(12-16)14-29-22-25-19(15-30-22)13-20(28)26-8-10-27(11-9-26)21-23-6-3-7-24-21/h3-7,12,15H,8-11,13-14H2,1-2H3. The van der Waals surface area contributed by atoms with Gasteiger partial charge in [-0.05, 0) is 31.0 Å². The van der Waals surface area contributed by atoms with E-state index in [1.807, 2.05) is 16.3 Å². The molecule has 8 heteroatoms. The highest BCUT2D eigenvalue weighted by Gasteiger charge is 2.23. The zero-order chi connectivity index (χ0) is 20.9. The molecule has 30 heavy (non-hydrogen) atoms. The smallest absolute Gasteiger partial charge is 0.228 e. The Hall–Kier alpha value is -2.45. The van der Waals surface area contributed by atoms with Gasteiger partial charge in [0.1, 0.15) is 4.34 Å². The van der Waals surface area contributed by atoms with Gasteiger partial charge in [-0.15, -0.1) is 11.3 Å². The van der Waals surface area contributed by atoms with Gasteiger partial charge >= 0.3 is 0 Å². The molecule has 0 radical (unpaired) electrons. The summed E-state index contributed by atoms with van der Waals surface area (Å²) >= 11 is 3.36. The first-order valence-electron chi connectivity index (χ1n) is 10.0. The molecule has 156 valence electrons. The van der Waals surface area contributed by atoms with Gasteiger partial charge in [-0.3, -0.25) is 4.79 Å². The fourth-order valence-electron chi connectivity index (χ4n) is 3.41. The molecule has 1 aromatic carbocycles. The Labute approximate surface area is 185 Å². The van der Waals surface area contributed by atoms with Crippen molar-refractivity contribution in [3.05, 3.63) is 64.4 Å². The van der Waals surface area contributed by atoms with Gasteiger partial charge in [0.2, 0.25) is 11.9 Å². The number of rotatable bonds is 6. The number of thiazole rings is 1. The van der Waals surface area contributed by atoms with E-state index in [4.69, 9.17) is 0 Å². The van der Waals surface area contributed by atoms with Gasteiger partial charge in [0.25, 0.3) is 0 Å². The van der Waals surface area contributed by atoms with E-state index >= 15 is 0 Å². The highest BCUT2D eigenvalue weighted by atomic mass is 32.2. The minimum atomic E-state index is 0.139. The maximum Gasteiger partial charge on any atom is 0.228 e. The third-order valence-corrected chi connectivity index (χ3v) is 7.30. The molecule has 0 spiro atoms. The van der Waals surface area contributed by atoms with Gasteiger partial charge in [0, 0.05) is 49.7 Å². The van der Waals surface area contributed by atoms with Crippen LogP contribution in [0.25, 0.3) is 0 Å². The summed E-state index contributed by atoms with van der Waals surface area (Å²) in [6.45, 7) is 7.15. The van der Waals surface area contributed by atoms with Crippen molar-refractivity contribution >= 4 is 35.0 Å². The highest BCUT2D eigenvalue weighted by molar-refractivity contribution is 8.00. The van der Waals surface area contributed by atoms with Gasteiger partial charge in [-0.1, -0.05) is 35.5 Å². The number of aromatic nitrogens is 3. The Balaban J connectivity index is 1.27. The van der Waals surface area contributed by atoms with Crippen molar-refractivity contribution in [3.8, 4) is 0 Å². The number of hydrogen-bond donors (Lipinski definition) is 0. The number of piperazine rings is 1. The minimum Gasteiger partial charge on any atom is -0.339 e. The number of aryl methyl sites for hydroxylation is 2. The lowest BCUT2D eigenvalue weighted by Crippen LogP contribution is -2.49. The van der Waals surface area contributed by atoms with Gasteiger partial charge in [0.05, 0.1) is 12.1 Å². The van der Waals surface area contributed by atoms with E-state index in [1.165, 1.54) is 16.7 Å². The fraction of sp³-hybridized carbons (Fsp3) is 0.364. The molecule has 2 aromatic heterocycles. The molecule has 0 aliphatic carbocycles. The summed E-state index contributed by atoms with van der Waals surface area (Å²) in [7, 11) is 0. The van der Waals surface area contributed by atoms with Crippen LogP contribution in [0.1, 0.15) is 22.4 Å². The average Bonchev–Trinajstić information content (AvgIpc) is 3.22. The molecule has 1 fully saturated rings. The number of carbonyl (C=O) groups excluding carboxylic acids is 1. The number of hydrogen-bond acceptors (Lipinski definition) is 7. The minimum absolute atomic E-state index is 0.139. The summed E-state index contributed by atoms with van der Waals surface area (Å²) in [6, 6.07) is 8.36. The van der Waals surface area contributed by atoms with Crippen molar-refractivity contribution in [2.75, 3.05) is 31.1 Å². The lowest BCUT2D eigenvalue weighted by atomic mass is 10.1. The Morgan fingerprint density at radius 3 is 2.67 bits per heavy atom. The molecule has 0 unspecified atom stereocenters. The van der Waals surface area contributed by atoms with Crippen molar-refractivity contribution in [1.29, 1.82) is 0 Å². The van der Waals surface area contributed by atoms with E-state index in [1.54, 1.807) is 35.5 Å². The van der Waals surface area contributed by atoms with E-state index in [0.29, 0.717) is 19.5 Å². The summed E-state index contributed by atoms with van der Waals surface area (Å²) in [4.78, 5) is 30.0. The van der Waals surface area contributed by atoms with Crippen LogP contribution in [-0.2, 0) is 17.0 Å². The van der Waals surface area contributed by atoms with Crippen molar-refractivity contribution < 1.29 is 4.79 Å². The van der Waals surface area contributed by atoms with Gasteiger partial charge in [-0.25, -0.2) is 15.0 Å². The van der Waals surface area contributed by atoms with Crippen LogP contribution in [0.4, 0.5) is 5.95 Å². The quantitative estimate of drug-likeness (QED) is 0.546. The van der Waals surface area contributed by atoms with Crippen LogP contribution in [0.5, 0.6) is 0 Å². The second kappa shape index (κ2) is 9.57. The molecule has 1 amide bonds. The second-order valence-electron chi connectivity index (χ2n) is 7.42. The molecular weight excluding hydrogens is 414 g/mol. The molecule has 0 saturated carbocycles. The van der Waals surface area contributed by atoms with Gasteiger partial charge in [-0.2, -0.15) is 0 Å². The first-order valence-corrected chi connectivity index (χ1v) is 11.9. The maximum atomic E-state index is 12.7. The van der Waals surface area contributed by atoms with E-state index < -0.39 is 0 Å². The Kier molecular flexibility index (Phi) is 6.64. The summed E-state index contributed by atoms with van der Waals surface area (Å²) in [6.07, 6.45) is 3.86. The normalized spacial score (nSPS) is 14.2. The highest BCUT2D eigenvalue weighted by Crippen LogP contribution is 2.28. The third kappa shape index (κ3) is 5.17. The zero-order valence-corrected chi connectivity index (χ0v) is 18.9. The number of amides is 1. The van der Waals surface area contributed by atoms with Crippen LogP contribution in [0.15, 0.2) is 46.4 Å². The molecule has 0 N–H and O–H groups in total. The molecule has 6 nitrogen and oxygen atoms in total. The topological polar surface area (TPSA) is 62.2 Å². The van der Waals surface area contributed by atoms with Crippen molar-refractivity contribution in [1.82, 2.24) is 19.9 Å². The van der Waals surface area contributed by atoms with Crippen molar-refractivity contribution in [2.24, 2.45) is 0 Å². The molecule has 3 aromatic rings. The first kappa shape index (κ1) is 20.8. The number of carbonyl (C=O) groups is 1. The zero-order valence-electron chi connectivity index (χ0n) is 17.2. The van der Waals surface area contributed by atoms with Crippen molar-refractivity contribution in [2.45, 2.75) is 30.4 Å². The van der Waals surface area contributed by atoms with E-state index in [0.717, 1.165) is 34.8 Å². The van der Waals surface area contributed by atoms with Crippen LogP contribution in [0.3, 0.4) is 0 Å². The van der Waals surface area contributed by atoms with Crippen LogP contribution in [0.2, 0.25) is 0 Å². The van der Waals surface area contributed by atoms with E-state index in [-0.39, 0.29) is 5.91 Å². The lowest BCUT2D eigenvalue weighted by Gasteiger charge is -2.34. The first-order chi connectivity index (χ1) is 14.6. The second-order valence-corrected chi connectivity index (χ2v) is 9.50. The maximum absolute atomic E-state index is 12.7. The Morgan fingerprint density at radius 2 is 1.90 bits per heavy atom. The van der Waals surface area contributed by atoms with Crippen molar-refractivity contribution in [3.63, 3.8) is 0 Å². The van der Waals surface area contributed by atoms with E-state index in [2.05, 4.69) is 51.9 Å². The summed E-state index contributed by atoms with van der Waals surface area (Å²) < 4.78 is 1.02. The molecule has 3 heterocycles. The number of anilines is 1. The Morgan fingerprint density at radius 1 is 1.13 bits per heavy atom. The average molecular weight is 440 g/mol. The number of benzene rings is 1. The predicted octanol–water partition coefficient (Wildman–Crippen LogP) is 3.73. The SMILES string of the molecule is Cc1ccc(C)c(CSc2nc(CC(=O)N3CCN(c4ncccn4)CC3)cs2)c1. The molecule has 1 aliphatic heterocycles. The monoisotopic (exact) mass is 439 g/mol. The lowest BCUT2D eigenvalue weighted by molar-refractivity contribution is -0.130. The Bertz CT molecular complexity index is 1000.